The largest absolute Gasteiger partial charge is 0.480 e. The molecule has 1 N–H and O–H groups in total. The Labute approximate surface area is 96.6 Å². The molecule has 1 aliphatic heterocycles. The fraction of sp³-hybridized carbons (Fsp3) is 0.917. The summed E-state index contributed by atoms with van der Waals surface area (Å²) in [5.41, 5.74) is -0.103. The Morgan fingerprint density at radius 3 is 2.56 bits per heavy atom. The van der Waals surface area contributed by atoms with E-state index in [2.05, 4.69) is 18.7 Å². The lowest BCUT2D eigenvalue weighted by Crippen LogP contribution is -2.48. The third-order valence-electron chi connectivity index (χ3n) is 3.47. The van der Waals surface area contributed by atoms with E-state index in [-0.39, 0.29) is 12.1 Å². The van der Waals surface area contributed by atoms with Crippen LogP contribution in [-0.4, -0.2) is 46.8 Å². The molecule has 0 aromatic carbocycles. The summed E-state index contributed by atoms with van der Waals surface area (Å²) < 4.78 is 5.68. The Hall–Kier alpha value is -0.610. The monoisotopic (exact) mass is 227 g/mol. The maximum Gasteiger partial charge on any atom is 0.317 e. The Morgan fingerprint density at radius 2 is 2.06 bits per heavy atom. The topological polar surface area (TPSA) is 49.8 Å². The number of carbonyl (C=O) groups is 1. The fourth-order valence-electron chi connectivity index (χ4n) is 2.60. The first-order chi connectivity index (χ1) is 7.48. The van der Waals surface area contributed by atoms with E-state index in [1.807, 2.05) is 0 Å². The molecule has 2 fully saturated rings. The molecule has 0 bridgehead atoms. The van der Waals surface area contributed by atoms with E-state index in [1.165, 1.54) is 0 Å². The highest BCUT2D eigenvalue weighted by Gasteiger charge is 2.39. The van der Waals surface area contributed by atoms with Gasteiger partial charge in [-0.3, -0.25) is 9.69 Å². The summed E-state index contributed by atoms with van der Waals surface area (Å²) in [6.45, 7) is 5.11. The molecule has 0 amide bonds. The van der Waals surface area contributed by atoms with Crippen molar-refractivity contribution in [2.75, 3.05) is 13.2 Å². The first kappa shape index (κ1) is 11.9. The van der Waals surface area contributed by atoms with Crippen molar-refractivity contribution in [3.8, 4) is 0 Å². The fourth-order valence-corrected chi connectivity index (χ4v) is 2.60. The highest BCUT2D eigenvalue weighted by atomic mass is 16.5. The minimum atomic E-state index is -0.712. The second-order valence-corrected chi connectivity index (χ2v) is 5.55. The third-order valence-corrected chi connectivity index (χ3v) is 3.47. The van der Waals surface area contributed by atoms with Crippen molar-refractivity contribution in [1.82, 2.24) is 4.90 Å². The van der Waals surface area contributed by atoms with Gasteiger partial charge in [0.2, 0.25) is 0 Å². The van der Waals surface area contributed by atoms with Gasteiger partial charge in [0.15, 0.2) is 0 Å². The van der Waals surface area contributed by atoms with Crippen molar-refractivity contribution >= 4 is 5.97 Å². The Morgan fingerprint density at radius 1 is 1.38 bits per heavy atom. The van der Waals surface area contributed by atoms with Crippen LogP contribution in [0.2, 0.25) is 0 Å². The van der Waals surface area contributed by atoms with Gasteiger partial charge in [-0.2, -0.15) is 0 Å². The lowest BCUT2D eigenvalue weighted by Gasteiger charge is -2.41. The zero-order valence-electron chi connectivity index (χ0n) is 10.1. The quantitative estimate of drug-likeness (QED) is 0.790. The summed E-state index contributed by atoms with van der Waals surface area (Å²) in [6, 6.07) is 0.891. The van der Waals surface area contributed by atoms with Gasteiger partial charge in [-0.05, 0) is 39.5 Å². The second-order valence-electron chi connectivity index (χ2n) is 5.55. The number of ether oxygens (including phenoxy) is 1. The molecule has 2 aliphatic rings. The molecular weight excluding hydrogens is 206 g/mol. The van der Waals surface area contributed by atoms with Crippen molar-refractivity contribution in [2.45, 2.75) is 57.2 Å². The average Bonchev–Trinajstić information content (AvgIpc) is 2.95. The Kier molecular flexibility index (Phi) is 3.22. The third kappa shape index (κ3) is 2.95. The molecule has 0 spiro atoms. The summed E-state index contributed by atoms with van der Waals surface area (Å²) >= 11 is 0. The SMILES string of the molecule is CC1(C)CC(N(CC(=O)O)C2CC2)CCO1. The van der Waals surface area contributed by atoms with Gasteiger partial charge in [-0.15, -0.1) is 0 Å². The second kappa shape index (κ2) is 4.34. The van der Waals surface area contributed by atoms with Crippen molar-refractivity contribution < 1.29 is 14.6 Å². The van der Waals surface area contributed by atoms with E-state index in [4.69, 9.17) is 9.84 Å². The first-order valence-corrected chi connectivity index (χ1v) is 6.09. The van der Waals surface area contributed by atoms with Gasteiger partial charge >= 0.3 is 5.97 Å². The van der Waals surface area contributed by atoms with Crippen molar-refractivity contribution in [3.05, 3.63) is 0 Å². The number of aliphatic carboxylic acids is 1. The van der Waals surface area contributed by atoms with Crippen molar-refractivity contribution in [1.29, 1.82) is 0 Å². The predicted octanol–water partition coefficient (Wildman–Crippen LogP) is 1.49. The van der Waals surface area contributed by atoms with Crippen LogP contribution in [0.15, 0.2) is 0 Å². The molecule has 2 rings (SSSR count). The number of carboxylic acid groups (broad SMARTS) is 1. The summed E-state index contributed by atoms with van der Waals surface area (Å²) in [6.07, 6.45) is 4.22. The van der Waals surface area contributed by atoms with Crippen LogP contribution < -0.4 is 0 Å². The molecule has 0 radical (unpaired) electrons. The molecule has 92 valence electrons. The molecule has 1 saturated carbocycles. The van der Waals surface area contributed by atoms with Gasteiger partial charge in [0.25, 0.3) is 0 Å². The van der Waals surface area contributed by atoms with Crippen LogP contribution in [0.4, 0.5) is 0 Å². The molecule has 1 heterocycles. The van der Waals surface area contributed by atoms with Crippen molar-refractivity contribution in [3.63, 3.8) is 0 Å². The minimum Gasteiger partial charge on any atom is -0.480 e. The van der Waals surface area contributed by atoms with E-state index in [0.717, 1.165) is 32.3 Å². The van der Waals surface area contributed by atoms with Gasteiger partial charge in [-0.1, -0.05) is 0 Å². The number of hydrogen-bond acceptors (Lipinski definition) is 3. The van der Waals surface area contributed by atoms with E-state index in [9.17, 15) is 4.79 Å². The number of carboxylic acids is 1. The smallest absolute Gasteiger partial charge is 0.317 e. The number of nitrogens with zero attached hydrogens (tertiary/aromatic N) is 1. The molecule has 1 atom stereocenters. The van der Waals surface area contributed by atoms with Crippen LogP contribution in [0.5, 0.6) is 0 Å². The van der Waals surface area contributed by atoms with Gasteiger partial charge in [0, 0.05) is 18.7 Å². The predicted molar refractivity (Wildman–Crippen MR) is 60.4 cm³/mol. The molecule has 4 heteroatoms. The van der Waals surface area contributed by atoms with Gasteiger partial charge in [-0.25, -0.2) is 0 Å². The van der Waals surface area contributed by atoms with Gasteiger partial charge in [0.05, 0.1) is 12.1 Å². The summed E-state index contributed by atoms with van der Waals surface area (Å²) in [5.74, 6) is -0.712. The molecule has 0 aromatic rings. The normalized spacial score (nSPS) is 29.3. The van der Waals surface area contributed by atoms with Crippen LogP contribution in [0.3, 0.4) is 0 Å². The van der Waals surface area contributed by atoms with E-state index >= 15 is 0 Å². The van der Waals surface area contributed by atoms with Crippen LogP contribution in [0.25, 0.3) is 0 Å². The molecule has 1 saturated heterocycles. The molecule has 4 nitrogen and oxygen atoms in total. The van der Waals surface area contributed by atoms with Gasteiger partial charge < -0.3 is 9.84 Å². The zero-order valence-corrected chi connectivity index (χ0v) is 10.1. The standard InChI is InChI=1S/C12H21NO3/c1-12(2)7-10(5-6-16-12)13(8-11(14)15)9-3-4-9/h9-10H,3-8H2,1-2H3,(H,14,15). The van der Waals surface area contributed by atoms with E-state index in [0.29, 0.717) is 12.1 Å². The van der Waals surface area contributed by atoms with Crippen LogP contribution in [0, 0.1) is 0 Å². The van der Waals surface area contributed by atoms with E-state index in [1.54, 1.807) is 0 Å². The van der Waals surface area contributed by atoms with Crippen LogP contribution in [0.1, 0.15) is 39.5 Å². The van der Waals surface area contributed by atoms with Crippen molar-refractivity contribution in [2.24, 2.45) is 0 Å². The van der Waals surface area contributed by atoms with Crippen LogP contribution >= 0.6 is 0 Å². The highest BCUT2D eigenvalue weighted by molar-refractivity contribution is 5.69. The maximum atomic E-state index is 10.9. The van der Waals surface area contributed by atoms with Gasteiger partial charge in [0.1, 0.15) is 0 Å². The highest BCUT2D eigenvalue weighted by Crippen LogP contribution is 2.34. The number of hydrogen-bond donors (Lipinski definition) is 1. The summed E-state index contributed by atoms with van der Waals surface area (Å²) in [5, 5.41) is 8.95. The van der Waals surface area contributed by atoms with E-state index < -0.39 is 5.97 Å². The summed E-state index contributed by atoms with van der Waals surface area (Å²) in [7, 11) is 0. The zero-order chi connectivity index (χ0) is 11.8. The molecular formula is C12H21NO3. The molecule has 16 heavy (non-hydrogen) atoms. The molecule has 0 aromatic heterocycles. The molecule has 1 aliphatic carbocycles. The molecule has 1 unspecified atom stereocenters. The lowest BCUT2D eigenvalue weighted by molar-refractivity contribution is -0.141. The lowest BCUT2D eigenvalue weighted by atomic mass is 9.92. The minimum absolute atomic E-state index is 0.103. The Bertz CT molecular complexity index is 273. The maximum absolute atomic E-state index is 10.9. The van der Waals surface area contributed by atoms with Crippen LogP contribution in [-0.2, 0) is 9.53 Å². The number of rotatable bonds is 4. The summed E-state index contributed by atoms with van der Waals surface area (Å²) in [4.78, 5) is 13.0. The first-order valence-electron chi connectivity index (χ1n) is 6.09. The Balaban J connectivity index is 1.99. The average molecular weight is 227 g/mol.